The predicted octanol–water partition coefficient (Wildman–Crippen LogP) is 2.41. The number of carbonyl (C=O) groups excluding carboxylic acids is 1. The van der Waals surface area contributed by atoms with Gasteiger partial charge in [-0.15, -0.1) is 0 Å². The Morgan fingerprint density at radius 3 is 2.61 bits per heavy atom. The smallest absolute Gasteiger partial charge is 0.292 e. The first-order valence-electron chi connectivity index (χ1n) is 7.25. The largest absolute Gasteiger partial charge is 0.497 e. The highest BCUT2D eigenvalue weighted by atomic mass is 16.5. The Balaban J connectivity index is 2.03. The lowest BCUT2D eigenvalue weighted by molar-refractivity contribution is 0.0966. The molecule has 23 heavy (non-hydrogen) atoms. The number of hydrogen-bond donors (Lipinski definition) is 1. The Hall–Kier alpha value is -2.89. The molecule has 0 aliphatic rings. The van der Waals surface area contributed by atoms with E-state index in [9.17, 15) is 4.79 Å². The van der Waals surface area contributed by atoms with Gasteiger partial charge in [0, 0.05) is 11.8 Å². The Kier molecular flexibility index (Phi) is 6.11. The van der Waals surface area contributed by atoms with Crippen LogP contribution in [0.1, 0.15) is 23.0 Å². The molecule has 0 saturated heterocycles. The van der Waals surface area contributed by atoms with Crippen molar-refractivity contribution in [2.75, 3.05) is 13.7 Å². The Bertz CT molecular complexity index is 655. The number of rotatable bonds is 5. The minimum atomic E-state index is -0.291. The number of amides is 1. The van der Waals surface area contributed by atoms with Crippen LogP contribution < -0.4 is 10.1 Å². The number of aliphatic imine (C=N–C) groups is 1. The lowest BCUT2D eigenvalue weighted by atomic mass is 10.2. The molecule has 0 radical (unpaired) electrons. The van der Waals surface area contributed by atoms with Gasteiger partial charge in [0.2, 0.25) is 0 Å². The molecule has 0 spiro atoms. The van der Waals surface area contributed by atoms with Gasteiger partial charge in [-0.25, -0.2) is 4.99 Å². The second-order valence-corrected chi connectivity index (χ2v) is 4.56. The average Bonchev–Trinajstić information content (AvgIpc) is 2.61. The van der Waals surface area contributed by atoms with E-state index in [4.69, 9.17) is 9.47 Å². The highest BCUT2D eigenvalue weighted by Crippen LogP contribution is 2.11. The molecule has 2 aromatic rings. The first-order chi connectivity index (χ1) is 11.2. The van der Waals surface area contributed by atoms with E-state index in [0.717, 1.165) is 5.69 Å². The summed E-state index contributed by atoms with van der Waals surface area (Å²) in [4.78, 5) is 20.6. The third-order valence-corrected chi connectivity index (χ3v) is 2.96. The standard InChI is InChI=1S/C17H19N3O3/c1-3-23-17(19-12-14-6-4-5-11-18-14)20-16(21)13-7-9-15(22-2)10-8-13/h4-11H,3,12H2,1-2H3,(H,19,20,21). The third kappa shape index (κ3) is 5.10. The summed E-state index contributed by atoms with van der Waals surface area (Å²) in [5, 5.41) is 2.66. The van der Waals surface area contributed by atoms with Gasteiger partial charge in [-0.3, -0.25) is 15.1 Å². The predicted molar refractivity (Wildman–Crippen MR) is 87.5 cm³/mol. The average molecular weight is 313 g/mol. The maximum absolute atomic E-state index is 12.2. The molecule has 0 bridgehead atoms. The van der Waals surface area contributed by atoms with Gasteiger partial charge in [-0.1, -0.05) is 6.07 Å². The number of benzene rings is 1. The van der Waals surface area contributed by atoms with Crippen molar-refractivity contribution in [3.8, 4) is 5.75 Å². The summed E-state index contributed by atoms with van der Waals surface area (Å²) < 4.78 is 10.4. The maximum Gasteiger partial charge on any atom is 0.292 e. The van der Waals surface area contributed by atoms with Crippen molar-refractivity contribution in [3.05, 3.63) is 59.9 Å². The summed E-state index contributed by atoms with van der Waals surface area (Å²) in [5.74, 6) is 0.399. The second kappa shape index (κ2) is 8.53. The number of carbonyl (C=O) groups is 1. The van der Waals surface area contributed by atoms with Gasteiger partial charge in [-0.2, -0.15) is 0 Å². The first-order valence-corrected chi connectivity index (χ1v) is 7.25. The van der Waals surface area contributed by atoms with Crippen LogP contribution in [-0.4, -0.2) is 30.6 Å². The van der Waals surface area contributed by atoms with Crippen molar-refractivity contribution in [2.24, 2.45) is 4.99 Å². The molecule has 0 unspecified atom stereocenters. The summed E-state index contributed by atoms with van der Waals surface area (Å²) >= 11 is 0. The fourth-order valence-electron chi connectivity index (χ4n) is 1.81. The Morgan fingerprint density at radius 1 is 1.22 bits per heavy atom. The molecular weight excluding hydrogens is 294 g/mol. The topological polar surface area (TPSA) is 72.8 Å². The summed E-state index contributed by atoms with van der Waals surface area (Å²) in [5.41, 5.74) is 1.29. The monoisotopic (exact) mass is 313 g/mol. The van der Waals surface area contributed by atoms with E-state index in [1.54, 1.807) is 37.6 Å². The quantitative estimate of drug-likeness (QED) is 0.679. The molecule has 0 saturated carbocycles. The first kappa shape index (κ1) is 16.5. The molecule has 1 N–H and O–H groups in total. The van der Waals surface area contributed by atoms with Crippen LogP contribution in [0.15, 0.2) is 53.7 Å². The van der Waals surface area contributed by atoms with Crippen LogP contribution in [-0.2, 0) is 11.3 Å². The van der Waals surface area contributed by atoms with Crippen LogP contribution in [0.5, 0.6) is 5.75 Å². The van der Waals surface area contributed by atoms with Gasteiger partial charge in [-0.05, 0) is 43.3 Å². The van der Waals surface area contributed by atoms with Gasteiger partial charge >= 0.3 is 0 Å². The van der Waals surface area contributed by atoms with E-state index in [1.807, 2.05) is 25.1 Å². The highest BCUT2D eigenvalue weighted by molar-refractivity contribution is 6.04. The van der Waals surface area contributed by atoms with Crippen LogP contribution >= 0.6 is 0 Å². The van der Waals surface area contributed by atoms with Crippen LogP contribution in [0, 0.1) is 0 Å². The summed E-state index contributed by atoms with van der Waals surface area (Å²) in [6.45, 7) is 2.57. The van der Waals surface area contributed by atoms with Crippen molar-refractivity contribution in [2.45, 2.75) is 13.5 Å². The van der Waals surface area contributed by atoms with E-state index in [0.29, 0.717) is 24.5 Å². The minimum Gasteiger partial charge on any atom is -0.497 e. The van der Waals surface area contributed by atoms with Crippen molar-refractivity contribution < 1.29 is 14.3 Å². The lowest BCUT2D eigenvalue weighted by Crippen LogP contribution is -2.32. The molecule has 6 nitrogen and oxygen atoms in total. The van der Waals surface area contributed by atoms with E-state index in [-0.39, 0.29) is 11.9 Å². The number of methoxy groups -OCH3 is 1. The van der Waals surface area contributed by atoms with Gasteiger partial charge in [0.25, 0.3) is 11.9 Å². The Morgan fingerprint density at radius 2 is 2.00 bits per heavy atom. The molecule has 6 heteroatoms. The molecule has 0 atom stereocenters. The van der Waals surface area contributed by atoms with Crippen LogP contribution in [0.2, 0.25) is 0 Å². The number of aromatic nitrogens is 1. The summed E-state index contributed by atoms with van der Waals surface area (Å²) in [6, 6.07) is 12.6. The zero-order chi connectivity index (χ0) is 16.5. The molecule has 0 aliphatic heterocycles. The number of nitrogens with one attached hydrogen (secondary N) is 1. The van der Waals surface area contributed by atoms with Gasteiger partial charge in [0.05, 0.1) is 26.0 Å². The van der Waals surface area contributed by atoms with E-state index in [1.165, 1.54) is 0 Å². The van der Waals surface area contributed by atoms with Crippen molar-refractivity contribution >= 4 is 11.9 Å². The Labute approximate surface area is 135 Å². The molecule has 0 aliphatic carbocycles. The number of pyridine rings is 1. The van der Waals surface area contributed by atoms with E-state index >= 15 is 0 Å². The normalized spacial score (nSPS) is 11.0. The molecule has 1 heterocycles. The zero-order valence-electron chi connectivity index (χ0n) is 13.2. The van der Waals surface area contributed by atoms with Gasteiger partial charge in [0.1, 0.15) is 5.75 Å². The number of hydrogen-bond acceptors (Lipinski definition) is 5. The fourth-order valence-corrected chi connectivity index (χ4v) is 1.81. The second-order valence-electron chi connectivity index (χ2n) is 4.56. The summed E-state index contributed by atoms with van der Waals surface area (Å²) in [7, 11) is 1.58. The lowest BCUT2D eigenvalue weighted by Gasteiger charge is -2.09. The SMILES string of the molecule is CCOC(=NCc1ccccn1)NC(=O)c1ccc(OC)cc1. The van der Waals surface area contributed by atoms with Crippen LogP contribution in [0.4, 0.5) is 0 Å². The van der Waals surface area contributed by atoms with Crippen LogP contribution in [0.25, 0.3) is 0 Å². The number of nitrogens with zero attached hydrogens (tertiary/aromatic N) is 2. The number of ether oxygens (including phenoxy) is 2. The van der Waals surface area contributed by atoms with Crippen molar-refractivity contribution in [3.63, 3.8) is 0 Å². The zero-order valence-corrected chi connectivity index (χ0v) is 13.2. The molecule has 2 rings (SSSR count). The third-order valence-electron chi connectivity index (χ3n) is 2.96. The van der Waals surface area contributed by atoms with E-state index < -0.39 is 0 Å². The summed E-state index contributed by atoms with van der Waals surface area (Å²) in [6.07, 6.45) is 1.70. The maximum atomic E-state index is 12.2. The van der Waals surface area contributed by atoms with Crippen LogP contribution in [0.3, 0.4) is 0 Å². The van der Waals surface area contributed by atoms with Crippen molar-refractivity contribution in [1.82, 2.24) is 10.3 Å². The highest BCUT2D eigenvalue weighted by Gasteiger charge is 2.10. The fraction of sp³-hybridized carbons (Fsp3) is 0.235. The number of amidine groups is 1. The molecule has 1 aromatic carbocycles. The molecule has 120 valence electrons. The molecule has 1 amide bonds. The molecule has 0 fully saturated rings. The molecule has 1 aromatic heterocycles. The van der Waals surface area contributed by atoms with Crippen molar-refractivity contribution in [1.29, 1.82) is 0 Å². The molecular formula is C17H19N3O3. The van der Waals surface area contributed by atoms with Gasteiger partial charge in [0.15, 0.2) is 0 Å². The minimum absolute atomic E-state index is 0.180. The van der Waals surface area contributed by atoms with Gasteiger partial charge < -0.3 is 9.47 Å². The van der Waals surface area contributed by atoms with E-state index in [2.05, 4.69) is 15.3 Å².